The van der Waals surface area contributed by atoms with E-state index in [1.807, 2.05) is 19.1 Å². The van der Waals surface area contributed by atoms with Gasteiger partial charge >= 0.3 is 5.97 Å². The number of aryl methyl sites for hydroxylation is 2. The second kappa shape index (κ2) is 6.52. The molecule has 5 nitrogen and oxygen atoms in total. The number of hydrogen-bond donors (Lipinski definition) is 2. The lowest BCUT2D eigenvalue weighted by Crippen LogP contribution is -2.36. The van der Waals surface area contributed by atoms with Crippen LogP contribution in [-0.2, 0) is 22.4 Å². The minimum absolute atomic E-state index is 0.0971. The Balaban J connectivity index is 1.92. The molecule has 108 valence electrons. The summed E-state index contributed by atoms with van der Waals surface area (Å²) in [5.41, 5.74) is 3.46. The maximum atomic E-state index is 11.9. The first-order chi connectivity index (χ1) is 9.58. The normalized spacial score (nSPS) is 13.3. The first-order valence-corrected chi connectivity index (χ1v) is 6.94. The molecule has 0 atom stereocenters. The fourth-order valence-corrected chi connectivity index (χ4v) is 2.52. The number of amides is 1. The maximum Gasteiger partial charge on any atom is 0.317 e. The summed E-state index contributed by atoms with van der Waals surface area (Å²) in [5, 5.41) is 11.6. The highest BCUT2D eigenvalue weighted by atomic mass is 16.4. The van der Waals surface area contributed by atoms with Crippen molar-refractivity contribution in [3.63, 3.8) is 0 Å². The molecule has 0 saturated carbocycles. The van der Waals surface area contributed by atoms with Gasteiger partial charge in [-0.05, 0) is 49.1 Å². The van der Waals surface area contributed by atoms with Crippen LogP contribution in [0, 0.1) is 0 Å². The summed E-state index contributed by atoms with van der Waals surface area (Å²) in [6.45, 7) is 2.35. The number of anilines is 1. The zero-order chi connectivity index (χ0) is 14.5. The molecule has 0 fully saturated rings. The second-order valence-electron chi connectivity index (χ2n) is 5.08. The molecule has 0 bridgehead atoms. The van der Waals surface area contributed by atoms with E-state index in [0.29, 0.717) is 6.54 Å². The highest BCUT2D eigenvalue weighted by Crippen LogP contribution is 2.24. The molecule has 0 heterocycles. The van der Waals surface area contributed by atoms with Gasteiger partial charge in [0.1, 0.15) is 0 Å². The van der Waals surface area contributed by atoms with Crippen LogP contribution in [0.1, 0.15) is 24.5 Å². The minimum Gasteiger partial charge on any atom is -0.480 e. The van der Waals surface area contributed by atoms with Gasteiger partial charge < -0.3 is 10.4 Å². The van der Waals surface area contributed by atoms with Gasteiger partial charge in [0.15, 0.2) is 0 Å². The topological polar surface area (TPSA) is 69.6 Å². The number of rotatable bonds is 6. The second-order valence-corrected chi connectivity index (χ2v) is 5.08. The van der Waals surface area contributed by atoms with E-state index in [1.165, 1.54) is 17.5 Å². The number of carbonyl (C=O) groups excluding carboxylic acids is 1. The van der Waals surface area contributed by atoms with Gasteiger partial charge in [-0.15, -0.1) is 0 Å². The first-order valence-electron chi connectivity index (χ1n) is 6.94. The summed E-state index contributed by atoms with van der Waals surface area (Å²) in [6.07, 6.45) is 3.36. The van der Waals surface area contributed by atoms with Crippen LogP contribution in [0.15, 0.2) is 18.2 Å². The number of aliphatic carboxylic acids is 1. The van der Waals surface area contributed by atoms with E-state index in [9.17, 15) is 9.59 Å². The average molecular weight is 276 g/mol. The lowest BCUT2D eigenvalue weighted by Gasteiger charge is -2.17. The third-order valence-electron chi connectivity index (χ3n) is 3.56. The molecule has 5 heteroatoms. The summed E-state index contributed by atoms with van der Waals surface area (Å²) in [5.74, 6) is -1.09. The number of carbonyl (C=O) groups is 2. The van der Waals surface area contributed by atoms with Crippen molar-refractivity contribution >= 4 is 17.6 Å². The number of carboxylic acids is 1. The number of benzene rings is 1. The van der Waals surface area contributed by atoms with Crippen molar-refractivity contribution in [1.29, 1.82) is 0 Å². The molecular formula is C15H20N2O3. The van der Waals surface area contributed by atoms with E-state index in [1.54, 1.807) is 4.90 Å². The summed E-state index contributed by atoms with van der Waals surface area (Å²) in [4.78, 5) is 24.2. The Kier molecular flexibility index (Phi) is 4.74. The van der Waals surface area contributed by atoms with Crippen LogP contribution in [0.5, 0.6) is 0 Å². The largest absolute Gasteiger partial charge is 0.480 e. The molecule has 20 heavy (non-hydrogen) atoms. The third kappa shape index (κ3) is 3.81. The van der Waals surface area contributed by atoms with Crippen LogP contribution in [0.3, 0.4) is 0 Å². The van der Waals surface area contributed by atoms with Gasteiger partial charge in [-0.25, -0.2) is 0 Å². The van der Waals surface area contributed by atoms with Crippen molar-refractivity contribution in [2.24, 2.45) is 0 Å². The van der Waals surface area contributed by atoms with Crippen molar-refractivity contribution in [1.82, 2.24) is 4.90 Å². The van der Waals surface area contributed by atoms with Crippen molar-refractivity contribution in [2.45, 2.75) is 26.2 Å². The molecule has 0 spiro atoms. The molecule has 2 N–H and O–H groups in total. The summed E-state index contributed by atoms with van der Waals surface area (Å²) >= 11 is 0. The number of nitrogens with one attached hydrogen (secondary N) is 1. The molecule has 0 aromatic heterocycles. The van der Waals surface area contributed by atoms with Crippen LogP contribution < -0.4 is 5.32 Å². The molecule has 1 aliphatic carbocycles. The Morgan fingerprint density at radius 1 is 1.25 bits per heavy atom. The first kappa shape index (κ1) is 14.5. The smallest absolute Gasteiger partial charge is 0.317 e. The predicted octanol–water partition coefficient (Wildman–Crippen LogP) is 1.52. The Hall–Kier alpha value is -1.88. The average Bonchev–Trinajstić information content (AvgIpc) is 2.84. The van der Waals surface area contributed by atoms with Crippen molar-refractivity contribution in [2.75, 3.05) is 25.0 Å². The molecule has 1 aromatic carbocycles. The van der Waals surface area contributed by atoms with Gasteiger partial charge in [0.2, 0.25) is 5.91 Å². The summed E-state index contributed by atoms with van der Waals surface area (Å²) in [7, 11) is 0. The highest BCUT2D eigenvalue weighted by Gasteiger charge is 2.14. The quantitative estimate of drug-likeness (QED) is 0.826. The number of nitrogens with zero attached hydrogens (tertiary/aromatic N) is 1. The van der Waals surface area contributed by atoms with Gasteiger partial charge in [0.25, 0.3) is 0 Å². The van der Waals surface area contributed by atoms with Crippen LogP contribution in [-0.4, -0.2) is 41.5 Å². The van der Waals surface area contributed by atoms with E-state index in [-0.39, 0.29) is 19.0 Å². The molecule has 0 radical (unpaired) electrons. The summed E-state index contributed by atoms with van der Waals surface area (Å²) < 4.78 is 0. The Bertz CT molecular complexity index is 514. The van der Waals surface area contributed by atoms with Gasteiger partial charge in [0, 0.05) is 5.69 Å². The standard InChI is InChI=1S/C15H20N2O3/c1-2-17(10-15(19)20)9-14(18)16-13-7-6-11-4-3-5-12(11)8-13/h6-8H,2-5,9-10H2,1H3,(H,16,18)(H,19,20). The number of likely N-dealkylation sites (N-methyl/N-ethyl adjacent to an activating group) is 1. The van der Waals surface area contributed by atoms with Crippen LogP contribution in [0.2, 0.25) is 0 Å². The van der Waals surface area contributed by atoms with Crippen LogP contribution >= 0.6 is 0 Å². The molecule has 1 aliphatic rings. The van der Waals surface area contributed by atoms with E-state index < -0.39 is 5.97 Å². The molecule has 2 rings (SSSR count). The molecule has 0 aliphatic heterocycles. The van der Waals surface area contributed by atoms with Crippen molar-refractivity contribution in [3.8, 4) is 0 Å². The number of hydrogen-bond acceptors (Lipinski definition) is 3. The zero-order valence-electron chi connectivity index (χ0n) is 11.7. The molecule has 0 unspecified atom stereocenters. The van der Waals surface area contributed by atoms with E-state index in [0.717, 1.165) is 18.5 Å². The number of fused-ring (bicyclic) bond motifs is 1. The lowest BCUT2D eigenvalue weighted by atomic mass is 10.1. The van der Waals surface area contributed by atoms with E-state index >= 15 is 0 Å². The molecule has 1 aromatic rings. The molecule has 0 saturated heterocycles. The van der Waals surface area contributed by atoms with Crippen molar-refractivity contribution < 1.29 is 14.7 Å². The fourth-order valence-electron chi connectivity index (χ4n) is 2.52. The summed E-state index contributed by atoms with van der Waals surface area (Å²) in [6, 6.07) is 6.00. The number of carboxylic acid groups (broad SMARTS) is 1. The third-order valence-corrected chi connectivity index (χ3v) is 3.56. The Morgan fingerprint density at radius 3 is 2.70 bits per heavy atom. The zero-order valence-corrected chi connectivity index (χ0v) is 11.7. The Labute approximate surface area is 118 Å². The van der Waals surface area contributed by atoms with Gasteiger partial charge in [0.05, 0.1) is 13.1 Å². The minimum atomic E-state index is -0.919. The van der Waals surface area contributed by atoms with Crippen molar-refractivity contribution in [3.05, 3.63) is 29.3 Å². The highest BCUT2D eigenvalue weighted by molar-refractivity contribution is 5.92. The van der Waals surface area contributed by atoms with Gasteiger partial charge in [-0.3, -0.25) is 14.5 Å². The van der Waals surface area contributed by atoms with E-state index in [2.05, 4.69) is 11.4 Å². The monoisotopic (exact) mass is 276 g/mol. The maximum absolute atomic E-state index is 11.9. The SMILES string of the molecule is CCN(CC(=O)O)CC(=O)Nc1ccc2c(c1)CCC2. The van der Waals surface area contributed by atoms with Crippen LogP contribution in [0.25, 0.3) is 0 Å². The van der Waals surface area contributed by atoms with Gasteiger partial charge in [-0.2, -0.15) is 0 Å². The molecule has 1 amide bonds. The van der Waals surface area contributed by atoms with Crippen LogP contribution in [0.4, 0.5) is 5.69 Å². The fraction of sp³-hybridized carbons (Fsp3) is 0.467. The molecular weight excluding hydrogens is 256 g/mol. The lowest BCUT2D eigenvalue weighted by molar-refractivity contribution is -0.138. The predicted molar refractivity (Wildman–Crippen MR) is 76.8 cm³/mol. The van der Waals surface area contributed by atoms with Gasteiger partial charge in [-0.1, -0.05) is 13.0 Å². The Morgan fingerprint density at radius 2 is 2.00 bits per heavy atom. The van der Waals surface area contributed by atoms with E-state index in [4.69, 9.17) is 5.11 Å².